The molecule has 2 aromatic carbocycles. The average molecular weight is 345 g/mol. The number of nitrogens with one attached hydrogen (secondary N) is 1. The van der Waals surface area contributed by atoms with Crippen LogP contribution in [0.3, 0.4) is 0 Å². The van der Waals surface area contributed by atoms with Crippen molar-refractivity contribution in [3.05, 3.63) is 83.2 Å². The first-order chi connectivity index (χ1) is 12.5. The number of aryl methyl sites for hydroxylation is 3. The van der Waals surface area contributed by atoms with Crippen molar-refractivity contribution in [2.75, 3.05) is 5.32 Å². The van der Waals surface area contributed by atoms with E-state index in [0.717, 1.165) is 39.3 Å². The van der Waals surface area contributed by atoms with Crippen LogP contribution in [0.4, 0.5) is 5.69 Å². The molecule has 0 saturated heterocycles. The predicted molar refractivity (Wildman–Crippen MR) is 106 cm³/mol. The van der Waals surface area contributed by atoms with E-state index >= 15 is 0 Å². The highest BCUT2D eigenvalue weighted by molar-refractivity contribution is 5.91. The molecule has 3 aromatic rings. The summed E-state index contributed by atoms with van der Waals surface area (Å²) in [6, 6.07) is 20.5. The van der Waals surface area contributed by atoms with Crippen LogP contribution in [0.15, 0.2) is 60.7 Å². The summed E-state index contributed by atoms with van der Waals surface area (Å²) in [7, 11) is 0. The number of pyridine rings is 1. The Morgan fingerprint density at radius 3 is 2.15 bits per heavy atom. The minimum absolute atomic E-state index is 0.0104. The van der Waals surface area contributed by atoms with E-state index in [1.807, 2.05) is 57.2 Å². The molecule has 26 heavy (non-hydrogen) atoms. The van der Waals surface area contributed by atoms with Gasteiger partial charge in [-0.05, 0) is 36.6 Å². The zero-order chi connectivity index (χ0) is 18.7. The first-order valence-corrected chi connectivity index (χ1v) is 8.89. The van der Waals surface area contributed by atoms with E-state index in [9.17, 15) is 4.79 Å². The van der Waals surface area contributed by atoms with E-state index in [-0.39, 0.29) is 5.91 Å². The van der Waals surface area contributed by atoms with Crippen molar-refractivity contribution < 1.29 is 9.36 Å². The molecule has 0 bridgehead atoms. The molecule has 1 aromatic heterocycles. The second kappa shape index (κ2) is 7.52. The molecular formula is C23H25N2O+. The lowest BCUT2D eigenvalue weighted by Gasteiger charge is -2.12. The van der Waals surface area contributed by atoms with Crippen LogP contribution in [-0.2, 0) is 11.3 Å². The number of amides is 1. The Balaban J connectivity index is 1.89. The molecule has 0 spiro atoms. The molecule has 3 heteroatoms. The summed E-state index contributed by atoms with van der Waals surface area (Å²) in [6.07, 6.45) is 0. The second-order valence-electron chi connectivity index (χ2n) is 6.74. The molecule has 1 heterocycles. The van der Waals surface area contributed by atoms with Crippen molar-refractivity contribution in [3.63, 3.8) is 0 Å². The van der Waals surface area contributed by atoms with Gasteiger partial charge in [-0.25, -0.2) is 0 Å². The smallest absolute Gasteiger partial charge is 0.290 e. The van der Waals surface area contributed by atoms with Crippen LogP contribution in [-0.4, -0.2) is 5.91 Å². The lowest BCUT2D eigenvalue weighted by atomic mass is 10.0. The van der Waals surface area contributed by atoms with Gasteiger partial charge in [0, 0.05) is 31.2 Å². The second-order valence-corrected chi connectivity index (χ2v) is 6.74. The third-order valence-electron chi connectivity index (χ3n) is 4.84. The van der Waals surface area contributed by atoms with Crippen LogP contribution in [0.1, 0.15) is 22.5 Å². The highest BCUT2D eigenvalue weighted by Crippen LogP contribution is 2.22. The number of para-hydroxylation sites is 1. The summed E-state index contributed by atoms with van der Waals surface area (Å²) in [5.41, 5.74) is 7.54. The Labute approximate surface area is 155 Å². The molecule has 0 unspecified atom stereocenters. The maximum absolute atomic E-state index is 12.7. The van der Waals surface area contributed by atoms with Gasteiger partial charge >= 0.3 is 0 Å². The molecule has 3 rings (SSSR count). The van der Waals surface area contributed by atoms with Gasteiger partial charge in [-0.2, -0.15) is 4.57 Å². The summed E-state index contributed by atoms with van der Waals surface area (Å²) in [5.74, 6) is -0.0104. The van der Waals surface area contributed by atoms with Gasteiger partial charge in [-0.1, -0.05) is 48.5 Å². The van der Waals surface area contributed by atoms with E-state index < -0.39 is 0 Å². The quantitative estimate of drug-likeness (QED) is 0.693. The van der Waals surface area contributed by atoms with Gasteiger partial charge in [0.25, 0.3) is 5.91 Å². The van der Waals surface area contributed by atoms with Crippen molar-refractivity contribution in [2.45, 2.75) is 34.2 Å². The van der Waals surface area contributed by atoms with Gasteiger partial charge in [0.05, 0.1) is 0 Å². The molecule has 0 radical (unpaired) electrons. The highest BCUT2D eigenvalue weighted by Gasteiger charge is 2.20. The molecule has 0 aliphatic heterocycles. The number of carbonyl (C=O) groups is 1. The van der Waals surface area contributed by atoms with E-state index in [4.69, 9.17) is 0 Å². The monoisotopic (exact) mass is 345 g/mol. The summed E-state index contributed by atoms with van der Waals surface area (Å²) in [6.45, 7) is 8.44. The fourth-order valence-electron chi connectivity index (χ4n) is 3.32. The van der Waals surface area contributed by atoms with Crippen molar-refractivity contribution >= 4 is 11.6 Å². The summed E-state index contributed by atoms with van der Waals surface area (Å²) >= 11 is 0. The molecule has 0 atom stereocenters. The summed E-state index contributed by atoms with van der Waals surface area (Å²) < 4.78 is 2.07. The number of carbonyl (C=O) groups excluding carboxylic acids is 1. The van der Waals surface area contributed by atoms with Gasteiger partial charge < -0.3 is 5.32 Å². The Morgan fingerprint density at radius 1 is 0.846 bits per heavy atom. The SMILES string of the molecule is Cc1cccc(C)c1NC(=O)C[n+]1c(C)ccc(-c2ccccc2)c1C. The third kappa shape index (κ3) is 3.67. The van der Waals surface area contributed by atoms with E-state index in [1.54, 1.807) is 0 Å². The third-order valence-corrected chi connectivity index (χ3v) is 4.84. The number of aromatic nitrogens is 1. The average Bonchev–Trinajstić information content (AvgIpc) is 2.63. The summed E-state index contributed by atoms with van der Waals surface area (Å²) in [5, 5.41) is 3.08. The maximum Gasteiger partial charge on any atom is 0.290 e. The van der Waals surface area contributed by atoms with E-state index in [0.29, 0.717) is 6.54 Å². The topological polar surface area (TPSA) is 33.0 Å². The fourth-order valence-corrected chi connectivity index (χ4v) is 3.32. The predicted octanol–water partition coefficient (Wildman–Crippen LogP) is 4.51. The largest absolute Gasteiger partial charge is 0.320 e. The summed E-state index contributed by atoms with van der Waals surface area (Å²) in [4.78, 5) is 12.7. The Hall–Kier alpha value is -2.94. The number of rotatable bonds is 4. The van der Waals surface area contributed by atoms with Gasteiger partial charge in [0.15, 0.2) is 11.4 Å². The fraction of sp³-hybridized carbons (Fsp3) is 0.217. The Morgan fingerprint density at radius 2 is 1.50 bits per heavy atom. The highest BCUT2D eigenvalue weighted by atomic mass is 16.1. The zero-order valence-corrected chi connectivity index (χ0v) is 15.8. The van der Waals surface area contributed by atoms with Crippen molar-refractivity contribution in [3.8, 4) is 11.1 Å². The van der Waals surface area contributed by atoms with Crippen LogP contribution in [0.2, 0.25) is 0 Å². The first kappa shape index (κ1) is 17.9. The van der Waals surface area contributed by atoms with Crippen LogP contribution >= 0.6 is 0 Å². The van der Waals surface area contributed by atoms with Crippen molar-refractivity contribution in [1.82, 2.24) is 0 Å². The normalized spacial score (nSPS) is 10.6. The van der Waals surface area contributed by atoms with Crippen LogP contribution < -0.4 is 9.88 Å². The van der Waals surface area contributed by atoms with Gasteiger partial charge in [0.2, 0.25) is 6.54 Å². The minimum atomic E-state index is -0.0104. The number of nitrogens with zero attached hydrogens (tertiary/aromatic N) is 1. The Bertz CT molecular complexity index is 926. The van der Waals surface area contributed by atoms with Gasteiger partial charge in [0.1, 0.15) is 0 Å². The van der Waals surface area contributed by atoms with Crippen molar-refractivity contribution in [2.24, 2.45) is 0 Å². The number of hydrogen-bond acceptors (Lipinski definition) is 1. The Kier molecular flexibility index (Phi) is 5.17. The standard InChI is InChI=1S/C23H24N2O/c1-16-9-8-10-17(2)23(16)24-22(26)15-25-18(3)13-14-21(19(25)4)20-11-6-5-7-12-20/h5-14H,15H2,1-4H3/p+1. The lowest BCUT2D eigenvalue weighted by molar-refractivity contribution is -0.695. The molecule has 132 valence electrons. The molecule has 1 amide bonds. The molecule has 3 nitrogen and oxygen atoms in total. The van der Waals surface area contributed by atoms with Gasteiger partial charge in [-0.15, -0.1) is 0 Å². The molecule has 0 aliphatic carbocycles. The van der Waals surface area contributed by atoms with Crippen molar-refractivity contribution in [1.29, 1.82) is 0 Å². The van der Waals surface area contributed by atoms with E-state index in [1.165, 1.54) is 0 Å². The molecule has 1 N–H and O–H groups in total. The minimum Gasteiger partial charge on any atom is -0.320 e. The number of hydrogen-bond donors (Lipinski definition) is 1. The van der Waals surface area contributed by atoms with Crippen LogP contribution in [0.5, 0.6) is 0 Å². The molecular weight excluding hydrogens is 320 g/mol. The number of benzene rings is 2. The van der Waals surface area contributed by atoms with Crippen LogP contribution in [0.25, 0.3) is 11.1 Å². The molecule has 0 saturated carbocycles. The van der Waals surface area contributed by atoms with Crippen LogP contribution in [0, 0.1) is 27.7 Å². The number of anilines is 1. The lowest BCUT2D eigenvalue weighted by Crippen LogP contribution is -2.45. The molecule has 0 fully saturated rings. The van der Waals surface area contributed by atoms with Gasteiger partial charge in [-0.3, -0.25) is 4.79 Å². The first-order valence-electron chi connectivity index (χ1n) is 8.89. The molecule has 0 aliphatic rings. The van der Waals surface area contributed by atoms with E-state index in [2.05, 4.69) is 41.1 Å². The zero-order valence-electron chi connectivity index (χ0n) is 15.8. The maximum atomic E-state index is 12.7.